The van der Waals surface area contributed by atoms with E-state index in [0.29, 0.717) is 5.02 Å². The van der Waals surface area contributed by atoms with E-state index in [1.54, 1.807) is 24.7 Å². The van der Waals surface area contributed by atoms with E-state index in [1.165, 1.54) is 0 Å². The van der Waals surface area contributed by atoms with Gasteiger partial charge >= 0.3 is 0 Å². The minimum Gasteiger partial charge on any atom is -0.386 e. The second-order valence-corrected chi connectivity index (χ2v) is 5.03. The zero-order chi connectivity index (χ0) is 12.6. The average molecular weight is 251 g/mol. The van der Waals surface area contributed by atoms with Gasteiger partial charge in [0.2, 0.25) is 0 Å². The quantitative estimate of drug-likeness (QED) is 0.890. The highest BCUT2D eigenvalue weighted by atomic mass is 35.5. The van der Waals surface area contributed by atoms with Gasteiger partial charge in [-0.3, -0.25) is 0 Å². The van der Waals surface area contributed by atoms with Crippen LogP contribution in [0.3, 0.4) is 0 Å². The van der Waals surface area contributed by atoms with Crippen molar-refractivity contribution in [1.29, 1.82) is 0 Å². The standard InChI is InChI=1S/C13H15ClN2O/c1-9-12(13(2,3)17)8-15-16(9)11-6-4-10(14)5-7-11/h4-8,17H,1-3H3. The molecule has 0 saturated carbocycles. The van der Waals surface area contributed by atoms with Gasteiger partial charge in [0, 0.05) is 16.3 Å². The Morgan fingerprint density at radius 3 is 2.29 bits per heavy atom. The van der Waals surface area contributed by atoms with Crippen LogP contribution in [0.5, 0.6) is 0 Å². The molecule has 0 aliphatic heterocycles. The van der Waals surface area contributed by atoms with E-state index in [9.17, 15) is 5.11 Å². The molecule has 4 heteroatoms. The van der Waals surface area contributed by atoms with Crippen LogP contribution >= 0.6 is 11.6 Å². The van der Waals surface area contributed by atoms with Crippen LogP contribution in [0.1, 0.15) is 25.1 Å². The summed E-state index contributed by atoms with van der Waals surface area (Å²) >= 11 is 5.85. The zero-order valence-corrected chi connectivity index (χ0v) is 10.9. The molecule has 90 valence electrons. The molecule has 1 N–H and O–H groups in total. The maximum absolute atomic E-state index is 10.00. The summed E-state index contributed by atoms with van der Waals surface area (Å²) in [7, 11) is 0. The maximum atomic E-state index is 10.00. The summed E-state index contributed by atoms with van der Waals surface area (Å²) in [5, 5.41) is 15.0. The van der Waals surface area contributed by atoms with Crippen LogP contribution in [0.2, 0.25) is 5.02 Å². The van der Waals surface area contributed by atoms with Crippen molar-refractivity contribution in [2.24, 2.45) is 0 Å². The topological polar surface area (TPSA) is 38.1 Å². The molecule has 0 aliphatic rings. The Kier molecular flexibility index (Phi) is 2.98. The largest absolute Gasteiger partial charge is 0.386 e. The van der Waals surface area contributed by atoms with Crippen LogP contribution in [-0.4, -0.2) is 14.9 Å². The Labute approximate surface area is 106 Å². The summed E-state index contributed by atoms with van der Waals surface area (Å²) in [6, 6.07) is 7.44. The zero-order valence-electron chi connectivity index (χ0n) is 10.1. The van der Waals surface area contributed by atoms with Gasteiger partial charge in [-0.15, -0.1) is 0 Å². The second kappa shape index (κ2) is 4.17. The van der Waals surface area contributed by atoms with E-state index >= 15 is 0 Å². The van der Waals surface area contributed by atoms with Crippen LogP contribution in [0.25, 0.3) is 5.69 Å². The maximum Gasteiger partial charge on any atom is 0.0873 e. The van der Waals surface area contributed by atoms with Crippen molar-refractivity contribution < 1.29 is 5.11 Å². The lowest BCUT2D eigenvalue weighted by Gasteiger charge is -2.16. The summed E-state index contributed by atoms with van der Waals surface area (Å²) in [4.78, 5) is 0. The number of hydrogen-bond donors (Lipinski definition) is 1. The van der Waals surface area contributed by atoms with Crippen LogP contribution in [0.4, 0.5) is 0 Å². The summed E-state index contributed by atoms with van der Waals surface area (Å²) in [5.41, 5.74) is 1.81. The summed E-state index contributed by atoms with van der Waals surface area (Å²) < 4.78 is 1.80. The van der Waals surface area contributed by atoms with Gasteiger partial charge in [0.05, 0.1) is 17.5 Å². The van der Waals surface area contributed by atoms with E-state index in [1.807, 2.05) is 31.2 Å². The Bertz CT molecular complexity index is 523. The molecule has 0 spiro atoms. The Morgan fingerprint density at radius 1 is 1.24 bits per heavy atom. The Balaban J connectivity index is 2.48. The Hall–Kier alpha value is -1.32. The van der Waals surface area contributed by atoms with E-state index in [0.717, 1.165) is 16.9 Å². The predicted octanol–water partition coefficient (Wildman–Crippen LogP) is 3.06. The van der Waals surface area contributed by atoms with E-state index in [-0.39, 0.29) is 0 Å². The number of halogens is 1. The molecular formula is C13H15ClN2O. The average Bonchev–Trinajstić information content (AvgIpc) is 2.61. The third-order valence-corrected chi connectivity index (χ3v) is 2.99. The molecule has 0 fully saturated rings. The molecule has 0 unspecified atom stereocenters. The summed E-state index contributed by atoms with van der Waals surface area (Å²) in [6.45, 7) is 5.45. The monoisotopic (exact) mass is 250 g/mol. The van der Waals surface area contributed by atoms with Gasteiger partial charge in [-0.05, 0) is 45.0 Å². The molecule has 0 bridgehead atoms. The molecule has 0 saturated heterocycles. The van der Waals surface area contributed by atoms with E-state index < -0.39 is 5.60 Å². The molecule has 2 rings (SSSR count). The smallest absolute Gasteiger partial charge is 0.0873 e. The van der Waals surface area contributed by atoms with Crippen molar-refractivity contribution in [2.75, 3.05) is 0 Å². The third kappa shape index (κ3) is 2.35. The molecular weight excluding hydrogens is 236 g/mol. The third-order valence-electron chi connectivity index (χ3n) is 2.74. The number of aliphatic hydroxyl groups is 1. The first-order valence-electron chi connectivity index (χ1n) is 5.43. The van der Waals surface area contributed by atoms with Gasteiger partial charge in [0.25, 0.3) is 0 Å². The lowest BCUT2D eigenvalue weighted by molar-refractivity contribution is 0.0779. The summed E-state index contributed by atoms with van der Waals surface area (Å²) in [6.07, 6.45) is 1.70. The second-order valence-electron chi connectivity index (χ2n) is 4.59. The van der Waals surface area contributed by atoms with Gasteiger partial charge in [-0.25, -0.2) is 4.68 Å². The van der Waals surface area contributed by atoms with Crippen LogP contribution in [0, 0.1) is 6.92 Å². The highest BCUT2D eigenvalue weighted by Gasteiger charge is 2.22. The van der Waals surface area contributed by atoms with Crippen LogP contribution in [0.15, 0.2) is 30.5 Å². The van der Waals surface area contributed by atoms with Crippen molar-refractivity contribution in [1.82, 2.24) is 9.78 Å². The molecule has 1 aromatic carbocycles. The molecule has 0 amide bonds. The SMILES string of the molecule is Cc1c(C(C)(C)O)cnn1-c1ccc(Cl)cc1. The molecule has 0 aliphatic carbocycles. The van der Waals surface area contributed by atoms with Gasteiger partial charge in [0.15, 0.2) is 0 Å². The van der Waals surface area contributed by atoms with Gasteiger partial charge in [-0.1, -0.05) is 11.6 Å². The highest BCUT2D eigenvalue weighted by molar-refractivity contribution is 6.30. The van der Waals surface area contributed by atoms with Crippen LogP contribution < -0.4 is 0 Å². The van der Waals surface area contributed by atoms with Crippen molar-refractivity contribution in [2.45, 2.75) is 26.4 Å². The lowest BCUT2D eigenvalue weighted by atomic mass is 10.00. The number of benzene rings is 1. The first-order valence-corrected chi connectivity index (χ1v) is 5.81. The van der Waals surface area contributed by atoms with Crippen molar-refractivity contribution in [3.05, 3.63) is 46.7 Å². The molecule has 0 radical (unpaired) electrons. The Morgan fingerprint density at radius 2 is 1.82 bits per heavy atom. The lowest BCUT2D eigenvalue weighted by Crippen LogP contribution is -2.16. The van der Waals surface area contributed by atoms with Gasteiger partial charge in [-0.2, -0.15) is 5.10 Å². The minimum absolute atomic E-state index is 0.696. The van der Waals surface area contributed by atoms with E-state index in [2.05, 4.69) is 5.10 Å². The molecule has 3 nitrogen and oxygen atoms in total. The molecule has 17 heavy (non-hydrogen) atoms. The normalized spacial score (nSPS) is 11.8. The fraction of sp³-hybridized carbons (Fsp3) is 0.308. The predicted molar refractivity (Wildman–Crippen MR) is 68.6 cm³/mol. The van der Waals surface area contributed by atoms with Gasteiger partial charge < -0.3 is 5.11 Å². The number of nitrogens with zero attached hydrogens (tertiary/aromatic N) is 2. The fourth-order valence-electron chi connectivity index (χ4n) is 1.85. The van der Waals surface area contributed by atoms with Crippen molar-refractivity contribution in [3.8, 4) is 5.69 Å². The molecule has 0 atom stereocenters. The fourth-order valence-corrected chi connectivity index (χ4v) is 1.98. The number of hydrogen-bond acceptors (Lipinski definition) is 2. The van der Waals surface area contributed by atoms with Crippen molar-refractivity contribution >= 4 is 11.6 Å². The molecule has 1 heterocycles. The summed E-state index contributed by atoms with van der Waals surface area (Å²) in [5.74, 6) is 0. The minimum atomic E-state index is -0.880. The van der Waals surface area contributed by atoms with Crippen molar-refractivity contribution in [3.63, 3.8) is 0 Å². The number of aromatic nitrogens is 2. The number of rotatable bonds is 2. The van der Waals surface area contributed by atoms with Gasteiger partial charge in [0.1, 0.15) is 0 Å². The first kappa shape index (κ1) is 12.1. The van der Waals surface area contributed by atoms with E-state index in [4.69, 9.17) is 11.6 Å². The highest BCUT2D eigenvalue weighted by Crippen LogP contribution is 2.25. The molecule has 1 aromatic heterocycles. The molecule has 2 aromatic rings. The van der Waals surface area contributed by atoms with Crippen LogP contribution in [-0.2, 0) is 5.60 Å². The first-order chi connectivity index (χ1) is 7.89.